The molecular weight excluding hydrogens is 391 g/mol. The summed E-state index contributed by atoms with van der Waals surface area (Å²) in [6.07, 6.45) is 0. The maximum Gasteiger partial charge on any atom is 0.265 e. The Kier molecular flexibility index (Phi) is 5.46. The Bertz CT molecular complexity index is 697. The molecule has 1 aromatic carbocycles. The molecule has 0 saturated carbocycles. The van der Waals surface area contributed by atoms with Crippen molar-refractivity contribution in [3.8, 4) is 11.3 Å². The van der Waals surface area contributed by atoms with E-state index >= 15 is 0 Å². The minimum Gasteiger partial charge on any atom is -0.394 e. The molecule has 0 aliphatic carbocycles. The normalized spacial score (nSPS) is 10.7. The highest BCUT2D eigenvalue weighted by molar-refractivity contribution is 14.1. The molecule has 1 heterocycles. The summed E-state index contributed by atoms with van der Waals surface area (Å²) in [4.78, 5) is 14.5. The molecular formula is C13H13IN2O3S. The van der Waals surface area contributed by atoms with E-state index in [0.29, 0.717) is 8.34 Å². The van der Waals surface area contributed by atoms with Crippen LogP contribution in [0.1, 0.15) is 0 Å². The van der Waals surface area contributed by atoms with E-state index in [1.807, 2.05) is 52.9 Å². The third-order valence-electron chi connectivity index (χ3n) is 2.65. The molecule has 2 N–H and O–H groups in total. The van der Waals surface area contributed by atoms with Crippen LogP contribution in [-0.4, -0.2) is 27.9 Å². The molecule has 0 spiro atoms. The van der Waals surface area contributed by atoms with Crippen LogP contribution >= 0.6 is 34.8 Å². The predicted molar refractivity (Wildman–Crippen MR) is 87.1 cm³/mol. The topological polar surface area (TPSA) is 67.2 Å². The molecule has 2 aromatic rings. The van der Waals surface area contributed by atoms with Gasteiger partial charge in [0.1, 0.15) is 10.3 Å². The summed E-state index contributed by atoms with van der Waals surface area (Å²) < 4.78 is 7.89. The maximum atomic E-state index is 11.9. The van der Waals surface area contributed by atoms with E-state index in [4.69, 9.17) is 22.1 Å². The second kappa shape index (κ2) is 7.11. The van der Waals surface area contributed by atoms with Gasteiger partial charge in [-0.2, -0.15) is 0 Å². The second-order valence-electron chi connectivity index (χ2n) is 3.98. The Morgan fingerprint density at radius 3 is 2.70 bits per heavy atom. The van der Waals surface area contributed by atoms with Crippen molar-refractivity contribution in [2.24, 2.45) is 0 Å². The number of aromatic nitrogens is 2. The van der Waals surface area contributed by atoms with Crippen molar-refractivity contribution in [2.45, 2.75) is 6.73 Å². The van der Waals surface area contributed by atoms with Crippen molar-refractivity contribution in [3.63, 3.8) is 0 Å². The highest BCUT2D eigenvalue weighted by Crippen LogP contribution is 2.22. The van der Waals surface area contributed by atoms with Crippen LogP contribution < -0.4 is 5.56 Å². The van der Waals surface area contributed by atoms with Gasteiger partial charge in [0, 0.05) is 0 Å². The van der Waals surface area contributed by atoms with Crippen molar-refractivity contribution in [1.82, 2.24) is 9.55 Å². The Balaban J connectivity index is 2.58. The van der Waals surface area contributed by atoms with Crippen molar-refractivity contribution in [1.29, 1.82) is 0 Å². The minimum absolute atomic E-state index is 0.0611. The van der Waals surface area contributed by atoms with Gasteiger partial charge in [-0.1, -0.05) is 30.3 Å². The van der Waals surface area contributed by atoms with Gasteiger partial charge in [-0.25, -0.2) is 0 Å². The SMILES string of the molecule is O=c1[nH]c(=S)n(COCCO)c(-c2ccccc2)c1I. The molecule has 7 heteroatoms. The van der Waals surface area contributed by atoms with Crippen molar-refractivity contribution >= 4 is 34.8 Å². The van der Waals surface area contributed by atoms with Crippen LogP contribution in [0.15, 0.2) is 35.1 Å². The molecule has 0 radical (unpaired) electrons. The molecule has 0 bridgehead atoms. The summed E-state index contributed by atoms with van der Waals surface area (Å²) in [7, 11) is 0. The van der Waals surface area contributed by atoms with Crippen LogP contribution in [0.5, 0.6) is 0 Å². The first-order chi connectivity index (χ1) is 9.65. The number of hydrogen-bond donors (Lipinski definition) is 2. The number of benzene rings is 1. The predicted octanol–water partition coefficient (Wildman–Crippen LogP) is 2.14. The summed E-state index contributed by atoms with van der Waals surface area (Å²) >= 11 is 7.19. The number of aliphatic hydroxyl groups is 1. The van der Waals surface area contributed by atoms with Gasteiger partial charge in [-0.3, -0.25) is 14.3 Å². The van der Waals surface area contributed by atoms with E-state index < -0.39 is 0 Å². The van der Waals surface area contributed by atoms with Gasteiger partial charge < -0.3 is 9.84 Å². The molecule has 0 aliphatic heterocycles. The lowest BCUT2D eigenvalue weighted by atomic mass is 10.1. The minimum atomic E-state index is -0.215. The Hall–Kier alpha value is -1.03. The number of nitrogens with zero attached hydrogens (tertiary/aromatic N) is 1. The van der Waals surface area contributed by atoms with E-state index in [0.717, 1.165) is 11.3 Å². The third-order valence-corrected chi connectivity index (χ3v) is 3.97. The number of ether oxygens (including phenoxy) is 1. The Morgan fingerprint density at radius 1 is 1.35 bits per heavy atom. The molecule has 5 nitrogen and oxygen atoms in total. The molecule has 0 aliphatic rings. The maximum absolute atomic E-state index is 11.9. The van der Waals surface area contributed by atoms with Gasteiger partial charge >= 0.3 is 0 Å². The first-order valence-corrected chi connectivity index (χ1v) is 7.40. The van der Waals surface area contributed by atoms with E-state index in [2.05, 4.69) is 4.98 Å². The standard InChI is InChI=1S/C13H13IN2O3S/c14-10-11(9-4-2-1-3-5-9)16(8-19-7-6-17)13(20)15-12(10)18/h1-5,17H,6-8H2,(H,15,18,20). The molecule has 1 aromatic heterocycles. The van der Waals surface area contributed by atoms with Crippen LogP contribution in [0.2, 0.25) is 0 Å². The summed E-state index contributed by atoms with van der Waals surface area (Å²) in [6, 6.07) is 9.52. The zero-order valence-electron chi connectivity index (χ0n) is 10.5. The third kappa shape index (κ3) is 3.35. The fraction of sp³-hybridized carbons (Fsp3) is 0.231. The molecule has 0 fully saturated rings. The van der Waals surface area contributed by atoms with Crippen LogP contribution in [0.25, 0.3) is 11.3 Å². The average Bonchev–Trinajstić information content (AvgIpc) is 2.45. The number of aliphatic hydroxyl groups excluding tert-OH is 1. The molecule has 0 unspecified atom stereocenters. The monoisotopic (exact) mass is 404 g/mol. The second-order valence-corrected chi connectivity index (χ2v) is 5.44. The summed E-state index contributed by atoms with van der Waals surface area (Å²) in [5.41, 5.74) is 1.40. The fourth-order valence-corrected chi connectivity index (χ4v) is 2.74. The van der Waals surface area contributed by atoms with Crippen LogP contribution in [-0.2, 0) is 11.5 Å². The Morgan fingerprint density at radius 2 is 2.05 bits per heavy atom. The lowest BCUT2D eigenvalue weighted by molar-refractivity contribution is 0.0474. The van der Waals surface area contributed by atoms with Gasteiger partial charge in [0.25, 0.3) is 5.56 Å². The number of H-pyrrole nitrogens is 1. The van der Waals surface area contributed by atoms with E-state index in [-0.39, 0.29) is 25.5 Å². The van der Waals surface area contributed by atoms with E-state index in [9.17, 15) is 4.79 Å². The highest BCUT2D eigenvalue weighted by Gasteiger charge is 2.13. The summed E-state index contributed by atoms with van der Waals surface area (Å²) in [5.74, 6) is 0. The zero-order valence-corrected chi connectivity index (χ0v) is 13.5. The summed E-state index contributed by atoms with van der Waals surface area (Å²) in [6.45, 7) is 0.330. The molecule has 0 saturated heterocycles. The number of nitrogens with one attached hydrogen (secondary N) is 1. The highest BCUT2D eigenvalue weighted by atomic mass is 127. The largest absolute Gasteiger partial charge is 0.394 e. The van der Waals surface area contributed by atoms with Crippen molar-refractivity contribution in [2.75, 3.05) is 13.2 Å². The fourth-order valence-electron chi connectivity index (χ4n) is 1.77. The van der Waals surface area contributed by atoms with Gasteiger partial charge in [0.05, 0.1) is 18.9 Å². The first-order valence-electron chi connectivity index (χ1n) is 5.91. The molecule has 106 valence electrons. The number of hydrogen-bond acceptors (Lipinski definition) is 4. The van der Waals surface area contributed by atoms with Crippen LogP contribution in [0, 0.1) is 8.34 Å². The van der Waals surface area contributed by atoms with Gasteiger partial charge in [0.15, 0.2) is 4.77 Å². The molecule has 0 atom stereocenters. The van der Waals surface area contributed by atoms with E-state index in [1.54, 1.807) is 4.57 Å². The van der Waals surface area contributed by atoms with Crippen LogP contribution in [0.4, 0.5) is 0 Å². The zero-order chi connectivity index (χ0) is 14.5. The van der Waals surface area contributed by atoms with Crippen LogP contribution in [0.3, 0.4) is 0 Å². The molecule has 0 amide bonds. The smallest absolute Gasteiger partial charge is 0.265 e. The van der Waals surface area contributed by atoms with Gasteiger partial charge in [-0.05, 0) is 40.4 Å². The van der Waals surface area contributed by atoms with Gasteiger partial charge in [-0.15, -0.1) is 0 Å². The average molecular weight is 404 g/mol. The first kappa shape index (κ1) is 15.4. The van der Waals surface area contributed by atoms with E-state index in [1.165, 1.54) is 0 Å². The summed E-state index contributed by atoms with van der Waals surface area (Å²) in [5, 5.41) is 8.78. The van der Waals surface area contributed by atoms with Crippen molar-refractivity contribution in [3.05, 3.63) is 49.0 Å². The quantitative estimate of drug-likeness (QED) is 0.456. The number of halogens is 1. The van der Waals surface area contributed by atoms with Crippen molar-refractivity contribution < 1.29 is 9.84 Å². The number of aromatic amines is 1. The lowest BCUT2D eigenvalue weighted by Gasteiger charge is -2.15. The molecule has 2 rings (SSSR count). The molecule has 20 heavy (non-hydrogen) atoms. The Labute approximate surface area is 134 Å². The lowest BCUT2D eigenvalue weighted by Crippen LogP contribution is -2.21. The van der Waals surface area contributed by atoms with Gasteiger partial charge in [0.2, 0.25) is 0 Å². The number of rotatable bonds is 5.